The molecule has 3 saturated carbocycles. The second kappa shape index (κ2) is 3.23. The van der Waals surface area contributed by atoms with Crippen LogP contribution in [0, 0.1) is 23.7 Å². The van der Waals surface area contributed by atoms with Crippen LogP contribution in [-0.4, -0.2) is 6.47 Å². The third kappa shape index (κ3) is 1.46. The van der Waals surface area contributed by atoms with Crippen molar-refractivity contribution in [3.63, 3.8) is 0 Å². The lowest BCUT2D eigenvalue weighted by atomic mass is 10.0. The van der Waals surface area contributed by atoms with E-state index in [2.05, 4.69) is 63.7 Å². The number of hydrogen-bond acceptors (Lipinski definition) is 0. The lowest BCUT2D eigenvalue weighted by molar-refractivity contribution is 0.468. The SMILES string of the molecule is BrC1(Br)[C@@H]2CC[C@@H]3[C@H](CC[C@H]21)C3(Br)Br. The second-order valence-corrected chi connectivity index (χ2v) is 12.3. The van der Waals surface area contributed by atoms with Crippen LogP contribution >= 0.6 is 63.7 Å². The number of fused-ring (bicyclic) bond motifs is 2. The van der Waals surface area contributed by atoms with Crippen LogP contribution in [0.15, 0.2) is 0 Å². The van der Waals surface area contributed by atoms with E-state index in [1.54, 1.807) is 0 Å². The molecule has 0 saturated heterocycles. The molecule has 14 heavy (non-hydrogen) atoms. The van der Waals surface area contributed by atoms with E-state index < -0.39 is 0 Å². The summed E-state index contributed by atoms with van der Waals surface area (Å²) < 4.78 is 0.607. The normalized spacial score (nSPS) is 52.3. The lowest BCUT2D eigenvalue weighted by Gasteiger charge is -2.03. The van der Waals surface area contributed by atoms with Gasteiger partial charge in [0.1, 0.15) is 0 Å². The van der Waals surface area contributed by atoms with Crippen LogP contribution in [-0.2, 0) is 0 Å². The Morgan fingerprint density at radius 1 is 0.571 bits per heavy atom. The summed E-state index contributed by atoms with van der Waals surface area (Å²) in [4.78, 5) is 0. The zero-order chi connectivity index (χ0) is 10.1. The molecule has 3 rings (SSSR count). The molecule has 0 spiro atoms. The minimum absolute atomic E-state index is 0.304. The van der Waals surface area contributed by atoms with E-state index in [4.69, 9.17) is 0 Å². The van der Waals surface area contributed by atoms with Crippen LogP contribution in [0.4, 0.5) is 0 Å². The molecule has 0 amide bonds. The molecule has 4 heteroatoms. The Labute approximate surface area is 118 Å². The molecule has 3 aliphatic carbocycles. The van der Waals surface area contributed by atoms with Gasteiger partial charge in [0.25, 0.3) is 0 Å². The van der Waals surface area contributed by atoms with Gasteiger partial charge in [-0.2, -0.15) is 0 Å². The van der Waals surface area contributed by atoms with Crippen LogP contribution in [0.25, 0.3) is 0 Å². The largest absolute Gasteiger partial charge is 0.0868 e. The summed E-state index contributed by atoms with van der Waals surface area (Å²) in [5, 5.41) is 0. The molecule has 0 heterocycles. The van der Waals surface area contributed by atoms with Crippen molar-refractivity contribution in [2.45, 2.75) is 32.2 Å². The van der Waals surface area contributed by atoms with Gasteiger partial charge >= 0.3 is 0 Å². The maximum Gasteiger partial charge on any atom is 0.0868 e. The van der Waals surface area contributed by atoms with Gasteiger partial charge < -0.3 is 0 Å². The van der Waals surface area contributed by atoms with Gasteiger partial charge in [-0.25, -0.2) is 0 Å². The van der Waals surface area contributed by atoms with Crippen molar-refractivity contribution in [1.82, 2.24) is 0 Å². The van der Waals surface area contributed by atoms with Gasteiger partial charge in [0, 0.05) is 0 Å². The average Bonchev–Trinajstić information content (AvgIpc) is 2.67. The molecule has 0 aromatic carbocycles. The quantitative estimate of drug-likeness (QED) is 0.453. The van der Waals surface area contributed by atoms with E-state index >= 15 is 0 Å². The molecule has 3 fully saturated rings. The number of alkyl halides is 4. The second-order valence-electron chi connectivity index (χ2n) is 4.93. The monoisotopic (exact) mass is 448 g/mol. The van der Waals surface area contributed by atoms with Crippen molar-refractivity contribution in [1.29, 1.82) is 0 Å². The summed E-state index contributed by atoms with van der Waals surface area (Å²) >= 11 is 15.2. The summed E-state index contributed by atoms with van der Waals surface area (Å²) in [6, 6.07) is 0. The molecule has 0 aromatic rings. The summed E-state index contributed by atoms with van der Waals surface area (Å²) in [5.74, 6) is 3.50. The van der Waals surface area contributed by atoms with Crippen molar-refractivity contribution < 1.29 is 0 Å². The maximum atomic E-state index is 3.81. The summed E-state index contributed by atoms with van der Waals surface area (Å²) in [5.41, 5.74) is 0. The third-order valence-electron chi connectivity index (χ3n) is 4.31. The van der Waals surface area contributed by atoms with Gasteiger partial charge in [-0.15, -0.1) is 0 Å². The predicted octanol–water partition coefficient (Wildman–Crippen LogP) is 5.02. The smallest absolute Gasteiger partial charge is 0.0721 e. The highest BCUT2D eigenvalue weighted by molar-refractivity contribution is 9.26. The average molecular weight is 452 g/mol. The van der Waals surface area contributed by atoms with E-state index in [0.29, 0.717) is 6.47 Å². The Morgan fingerprint density at radius 3 is 1.00 bits per heavy atom. The molecule has 0 radical (unpaired) electrons. The Balaban J connectivity index is 1.71. The molecule has 0 unspecified atom stereocenters. The van der Waals surface area contributed by atoms with Crippen LogP contribution in [0.5, 0.6) is 0 Å². The van der Waals surface area contributed by atoms with Crippen molar-refractivity contribution in [2.24, 2.45) is 23.7 Å². The molecule has 0 aromatic heterocycles. The molecular weight excluding hydrogens is 440 g/mol. The van der Waals surface area contributed by atoms with E-state index in [9.17, 15) is 0 Å². The van der Waals surface area contributed by atoms with Gasteiger partial charge in [0.2, 0.25) is 0 Å². The molecule has 3 aliphatic rings. The van der Waals surface area contributed by atoms with Crippen molar-refractivity contribution >= 4 is 63.7 Å². The van der Waals surface area contributed by atoms with Gasteiger partial charge in [-0.1, -0.05) is 63.7 Å². The lowest BCUT2D eigenvalue weighted by Crippen LogP contribution is -1.93. The highest BCUT2D eigenvalue weighted by Gasteiger charge is 2.67. The van der Waals surface area contributed by atoms with Gasteiger partial charge in [0.05, 0.1) is 6.47 Å². The van der Waals surface area contributed by atoms with E-state index in [0.717, 1.165) is 23.7 Å². The number of rotatable bonds is 0. The molecular formula is C10H12Br4. The highest BCUT2D eigenvalue weighted by atomic mass is 79.9. The molecule has 0 aliphatic heterocycles. The van der Waals surface area contributed by atoms with Crippen LogP contribution in [0.2, 0.25) is 0 Å². The standard InChI is InChI=1S/C10H12Br4/c11-9(12)5-1-2-6-8(10(6,13)14)4-3-7(5)9/h5-8H,1-4H2/t5-,6-,7-,8+/m1/s1. The molecule has 0 N–H and O–H groups in total. The Hall–Kier alpha value is 1.92. The first-order chi connectivity index (χ1) is 6.45. The Morgan fingerprint density at radius 2 is 0.786 bits per heavy atom. The third-order valence-corrected chi connectivity index (χ3v) is 9.01. The summed E-state index contributed by atoms with van der Waals surface area (Å²) in [6.45, 7) is 0. The van der Waals surface area contributed by atoms with Gasteiger partial charge in [-0.3, -0.25) is 0 Å². The minimum Gasteiger partial charge on any atom is -0.0721 e. The van der Waals surface area contributed by atoms with Gasteiger partial charge in [-0.05, 0) is 49.4 Å². The first kappa shape index (κ1) is 11.0. The highest BCUT2D eigenvalue weighted by Crippen LogP contribution is 2.73. The van der Waals surface area contributed by atoms with E-state index in [-0.39, 0.29) is 0 Å². The zero-order valence-corrected chi connectivity index (χ0v) is 14.0. The first-order valence-corrected chi connectivity index (χ1v) is 8.38. The fourth-order valence-electron chi connectivity index (χ4n) is 3.21. The van der Waals surface area contributed by atoms with Crippen LogP contribution < -0.4 is 0 Å². The topological polar surface area (TPSA) is 0 Å². The molecule has 4 atom stereocenters. The number of halogens is 4. The minimum atomic E-state index is 0.304. The first-order valence-electron chi connectivity index (χ1n) is 5.21. The fourth-order valence-corrected chi connectivity index (χ4v) is 7.07. The van der Waals surface area contributed by atoms with Crippen LogP contribution in [0.1, 0.15) is 25.7 Å². The van der Waals surface area contributed by atoms with E-state index in [1.807, 2.05) is 0 Å². The van der Waals surface area contributed by atoms with Crippen LogP contribution in [0.3, 0.4) is 0 Å². The van der Waals surface area contributed by atoms with Crippen molar-refractivity contribution in [3.05, 3.63) is 0 Å². The Kier molecular flexibility index (Phi) is 2.55. The van der Waals surface area contributed by atoms with Crippen molar-refractivity contribution in [2.75, 3.05) is 0 Å². The van der Waals surface area contributed by atoms with Crippen molar-refractivity contribution in [3.8, 4) is 0 Å². The summed E-state index contributed by atoms with van der Waals surface area (Å²) in [7, 11) is 0. The summed E-state index contributed by atoms with van der Waals surface area (Å²) in [6.07, 6.45) is 5.51. The maximum absolute atomic E-state index is 3.81. The molecule has 0 bridgehead atoms. The molecule has 80 valence electrons. The van der Waals surface area contributed by atoms with Gasteiger partial charge in [0.15, 0.2) is 0 Å². The predicted molar refractivity (Wildman–Crippen MR) is 73.6 cm³/mol. The fraction of sp³-hybridized carbons (Fsp3) is 1.00. The Bertz CT molecular complexity index is 221. The zero-order valence-electron chi connectivity index (χ0n) is 7.65. The number of hydrogen-bond donors (Lipinski definition) is 0. The van der Waals surface area contributed by atoms with E-state index in [1.165, 1.54) is 25.7 Å². The molecule has 0 nitrogen and oxygen atoms in total.